The molecule has 3 N–H and O–H groups in total. The van der Waals surface area contributed by atoms with Gasteiger partial charge in [0.05, 0.1) is 12.8 Å². The Balaban J connectivity index is 2.66. The summed E-state index contributed by atoms with van der Waals surface area (Å²) in [6, 6.07) is 5.78. The lowest BCUT2D eigenvalue weighted by atomic mass is 10.2. The maximum Gasteiger partial charge on any atom is 0.141 e. The van der Waals surface area contributed by atoms with Gasteiger partial charge in [-0.1, -0.05) is 6.07 Å². The van der Waals surface area contributed by atoms with E-state index in [9.17, 15) is 0 Å². The Kier molecular flexibility index (Phi) is 3.73. The fourth-order valence-electron chi connectivity index (χ4n) is 1.14. The van der Waals surface area contributed by atoms with Crippen LogP contribution < -0.4 is 15.9 Å². The molecule has 1 aromatic rings. The minimum Gasteiger partial charge on any atom is -0.495 e. The van der Waals surface area contributed by atoms with Crippen LogP contribution in [-0.4, -0.2) is 26.2 Å². The molecule has 0 spiro atoms. The molecular weight excluding hydrogens is 178 g/mol. The van der Waals surface area contributed by atoms with Crippen LogP contribution in [0.1, 0.15) is 5.56 Å². The molecule has 14 heavy (non-hydrogen) atoms. The molecule has 78 valence electrons. The number of hydrogen-bond acceptors (Lipinski definition) is 4. The summed E-state index contributed by atoms with van der Waals surface area (Å²) in [7, 11) is 5.52. The van der Waals surface area contributed by atoms with E-state index < -0.39 is 0 Å². The fraction of sp³-hybridized carbons (Fsp3) is 0.400. The van der Waals surface area contributed by atoms with E-state index in [0.717, 1.165) is 17.9 Å². The van der Waals surface area contributed by atoms with Crippen molar-refractivity contribution >= 4 is 5.69 Å². The zero-order valence-corrected chi connectivity index (χ0v) is 8.87. The van der Waals surface area contributed by atoms with E-state index in [1.54, 1.807) is 7.11 Å². The van der Waals surface area contributed by atoms with Gasteiger partial charge in [-0.05, 0) is 17.7 Å². The summed E-state index contributed by atoms with van der Waals surface area (Å²) < 4.78 is 5.07. The second-order valence-corrected chi connectivity index (χ2v) is 3.31. The number of hydrazine groups is 1. The van der Waals surface area contributed by atoms with Crippen LogP contribution in [0.2, 0.25) is 0 Å². The van der Waals surface area contributed by atoms with Crippen molar-refractivity contribution in [3.63, 3.8) is 0 Å². The van der Waals surface area contributed by atoms with Crippen molar-refractivity contribution in [2.24, 2.45) is 0 Å². The number of nitrogens with zero attached hydrogens (tertiary/aromatic N) is 1. The average Bonchev–Trinajstić information content (AvgIpc) is 2.15. The number of methoxy groups -OCH3 is 1. The molecule has 1 rings (SSSR count). The first-order valence-corrected chi connectivity index (χ1v) is 4.46. The summed E-state index contributed by atoms with van der Waals surface area (Å²) in [6.45, 7) is 0.765. The minimum atomic E-state index is 0.672. The lowest BCUT2D eigenvalue weighted by molar-refractivity contribution is 0.286. The summed E-state index contributed by atoms with van der Waals surface area (Å²) in [4.78, 5) is 0. The van der Waals surface area contributed by atoms with Gasteiger partial charge in [-0.2, -0.15) is 0 Å². The summed E-state index contributed by atoms with van der Waals surface area (Å²) in [5.41, 5.74) is 10.7. The topological polar surface area (TPSA) is 50.5 Å². The van der Waals surface area contributed by atoms with Crippen LogP contribution in [0.5, 0.6) is 5.75 Å². The van der Waals surface area contributed by atoms with Gasteiger partial charge < -0.3 is 10.5 Å². The van der Waals surface area contributed by atoms with Crippen LogP contribution in [0.4, 0.5) is 5.69 Å². The first kappa shape index (κ1) is 10.8. The summed E-state index contributed by atoms with van der Waals surface area (Å²) >= 11 is 0. The Morgan fingerprint density at radius 3 is 2.64 bits per heavy atom. The van der Waals surface area contributed by atoms with Crippen molar-refractivity contribution in [3.05, 3.63) is 23.8 Å². The van der Waals surface area contributed by atoms with Crippen molar-refractivity contribution in [1.82, 2.24) is 10.4 Å². The van der Waals surface area contributed by atoms with Gasteiger partial charge in [-0.15, -0.1) is 0 Å². The largest absolute Gasteiger partial charge is 0.495 e. The van der Waals surface area contributed by atoms with E-state index in [-0.39, 0.29) is 0 Å². The molecule has 0 atom stereocenters. The number of anilines is 1. The second kappa shape index (κ2) is 4.83. The Hall–Kier alpha value is -1.26. The first-order valence-electron chi connectivity index (χ1n) is 4.46. The molecule has 0 unspecified atom stereocenters. The maximum atomic E-state index is 5.77. The van der Waals surface area contributed by atoms with Gasteiger partial charge in [0.1, 0.15) is 5.75 Å². The zero-order chi connectivity index (χ0) is 10.6. The minimum absolute atomic E-state index is 0.672. The molecule has 0 aliphatic carbocycles. The number of benzene rings is 1. The van der Waals surface area contributed by atoms with Crippen molar-refractivity contribution < 1.29 is 4.74 Å². The second-order valence-electron chi connectivity index (χ2n) is 3.31. The van der Waals surface area contributed by atoms with Gasteiger partial charge in [-0.25, -0.2) is 0 Å². The van der Waals surface area contributed by atoms with Crippen molar-refractivity contribution in [2.45, 2.75) is 6.54 Å². The smallest absolute Gasteiger partial charge is 0.141 e. The van der Waals surface area contributed by atoms with Gasteiger partial charge in [0.25, 0.3) is 0 Å². The molecule has 0 aliphatic rings. The molecule has 4 nitrogen and oxygen atoms in total. The third-order valence-electron chi connectivity index (χ3n) is 1.89. The predicted octanol–water partition coefficient (Wildman–Crippen LogP) is 0.844. The highest BCUT2D eigenvalue weighted by Crippen LogP contribution is 2.21. The molecular formula is C10H17N3O. The van der Waals surface area contributed by atoms with E-state index in [1.807, 2.05) is 37.3 Å². The highest BCUT2D eigenvalue weighted by Gasteiger charge is 2.00. The number of nitrogens with two attached hydrogens (primary N) is 1. The maximum absolute atomic E-state index is 5.77. The van der Waals surface area contributed by atoms with E-state index in [1.165, 1.54) is 0 Å². The Morgan fingerprint density at radius 2 is 2.14 bits per heavy atom. The predicted molar refractivity (Wildman–Crippen MR) is 57.9 cm³/mol. The molecule has 0 amide bonds. The number of hydrogen-bond donors (Lipinski definition) is 2. The van der Waals surface area contributed by atoms with Gasteiger partial charge in [0, 0.05) is 20.6 Å². The van der Waals surface area contributed by atoms with Gasteiger partial charge >= 0.3 is 0 Å². The molecule has 0 saturated heterocycles. The number of nitrogens with one attached hydrogen (secondary N) is 1. The first-order chi connectivity index (χ1) is 6.63. The molecule has 0 radical (unpaired) electrons. The quantitative estimate of drug-likeness (QED) is 0.552. The van der Waals surface area contributed by atoms with Crippen molar-refractivity contribution in [1.29, 1.82) is 0 Å². The molecule has 0 bridgehead atoms. The van der Waals surface area contributed by atoms with Crippen molar-refractivity contribution in [3.8, 4) is 5.75 Å². The molecule has 0 heterocycles. The third-order valence-corrected chi connectivity index (χ3v) is 1.89. The molecule has 1 aromatic carbocycles. The zero-order valence-electron chi connectivity index (χ0n) is 8.87. The average molecular weight is 195 g/mol. The fourth-order valence-corrected chi connectivity index (χ4v) is 1.14. The van der Waals surface area contributed by atoms with E-state index in [4.69, 9.17) is 10.5 Å². The van der Waals surface area contributed by atoms with Crippen LogP contribution in [0, 0.1) is 0 Å². The molecule has 4 heteroatoms. The molecule has 0 fully saturated rings. The number of ether oxygens (including phenoxy) is 1. The number of rotatable bonds is 4. The van der Waals surface area contributed by atoms with Crippen LogP contribution >= 0.6 is 0 Å². The Labute approximate surface area is 84.6 Å². The Bertz CT molecular complexity index is 299. The normalized spacial score (nSPS) is 10.6. The van der Waals surface area contributed by atoms with Gasteiger partial charge in [0.2, 0.25) is 0 Å². The van der Waals surface area contributed by atoms with Crippen LogP contribution in [0.15, 0.2) is 18.2 Å². The van der Waals surface area contributed by atoms with E-state index in [0.29, 0.717) is 5.69 Å². The lowest BCUT2D eigenvalue weighted by Gasteiger charge is -2.12. The molecule has 0 aliphatic heterocycles. The monoisotopic (exact) mass is 195 g/mol. The van der Waals surface area contributed by atoms with Gasteiger partial charge in [-0.3, -0.25) is 10.4 Å². The SMILES string of the molecule is COc1ccc(CNN(C)C)cc1N. The third kappa shape index (κ3) is 2.90. The highest BCUT2D eigenvalue weighted by molar-refractivity contribution is 5.54. The lowest BCUT2D eigenvalue weighted by Crippen LogP contribution is -2.29. The molecule has 0 saturated carbocycles. The summed E-state index contributed by atoms with van der Waals surface area (Å²) in [5.74, 6) is 0.721. The van der Waals surface area contributed by atoms with E-state index >= 15 is 0 Å². The molecule has 0 aromatic heterocycles. The summed E-state index contributed by atoms with van der Waals surface area (Å²) in [5, 5.41) is 1.90. The Morgan fingerprint density at radius 1 is 1.43 bits per heavy atom. The van der Waals surface area contributed by atoms with E-state index in [2.05, 4.69) is 5.43 Å². The van der Waals surface area contributed by atoms with Crippen LogP contribution in [0.3, 0.4) is 0 Å². The van der Waals surface area contributed by atoms with Crippen LogP contribution in [-0.2, 0) is 6.54 Å². The highest BCUT2D eigenvalue weighted by atomic mass is 16.5. The van der Waals surface area contributed by atoms with Gasteiger partial charge in [0.15, 0.2) is 0 Å². The standard InChI is InChI=1S/C10H17N3O/c1-13(2)12-7-8-4-5-10(14-3)9(11)6-8/h4-6,12H,7,11H2,1-3H3. The van der Waals surface area contributed by atoms with Crippen LogP contribution in [0.25, 0.3) is 0 Å². The van der Waals surface area contributed by atoms with Crippen molar-refractivity contribution in [2.75, 3.05) is 26.9 Å². The summed E-state index contributed by atoms with van der Waals surface area (Å²) in [6.07, 6.45) is 0. The number of nitrogen functional groups attached to an aromatic ring is 1.